The zero-order valence-corrected chi connectivity index (χ0v) is 9.69. The van der Waals surface area contributed by atoms with E-state index in [1.165, 1.54) is 0 Å². The van der Waals surface area contributed by atoms with Crippen LogP contribution in [0.4, 0.5) is 0 Å². The Hall–Kier alpha value is -1.20. The van der Waals surface area contributed by atoms with E-state index >= 15 is 0 Å². The van der Waals surface area contributed by atoms with E-state index in [1.54, 1.807) is 7.11 Å². The van der Waals surface area contributed by atoms with E-state index in [4.69, 9.17) is 9.47 Å². The molecule has 0 aromatic carbocycles. The Labute approximate surface area is 95.2 Å². The van der Waals surface area contributed by atoms with Gasteiger partial charge in [0.05, 0.1) is 20.3 Å². The Kier molecular flexibility index (Phi) is 3.69. The number of aromatic nitrogens is 2. The molecule has 1 fully saturated rings. The van der Waals surface area contributed by atoms with Gasteiger partial charge in [-0.05, 0) is 6.92 Å². The van der Waals surface area contributed by atoms with E-state index in [1.807, 2.05) is 13.0 Å². The molecule has 1 aromatic heterocycles. The first-order valence-electron chi connectivity index (χ1n) is 5.47. The molecule has 0 spiro atoms. The fraction of sp³-hybridized carbons (Fsp3) is 0.636. The zero-order chi connectivity index (χ0) is 11.4. The topological polar surface area (TPSA) is 56.3 Å². The van der Waals surface area contributed by atoms with Gasteiger partial charge in [-0.2, -0.15) is 4.98 Å². The maximum atomic E-state index is 5.40. The van der Waals surface area contributed by atoms with Crippen LogP contribution in [0.2, 0.25) is 0 Å². The maximum absolute atomic E-state index is 5.40. The van der Waals surface area contributed by atoms with Gasteiger partial charge in [0.2, 0.25) is 5.88 Å². The molecule has 2 rings (SSSR count). The van der Waals surface area contributed by atoms with E-state index < -0.39 is 0 Å². The van der Waals surface area contributed by atoms with Crippen LogP contribution in [0.1, 0.15) is 11.5 Å². The summed E-state index contributed by atoms with van der Waals surface area (Å²) in [4.78, 5) is 8.55. The number of morpholine rings is 1. The van der Waals surface area contributed by atoms with Crippen LogP contribution >= 0.6 is 0 Å². The van der Waals surface area contributed by atoms with Crippen LogP contribution in [0.15, 0.2) is 6.07 Å². The summed E-state index contributed by atoms with van der Waals surface area (Å²) in [5.74, 6) is 1.37. The lowest BCUT2D eigenvalue weighted by atomic mass is 10.1. The van der Waals surface area contributed by atoms with Gasteiger partial charge in [-0.3, -0.25) is 0 Å². The van der Waals surface area contributed by atoms with Crippen LogP contribution in [0.3, 0.4) is 0 Å². The summed E-state index contributed by atoms with van der Waals surface area (Å²) in [7, 11) is 1.62. The van der Waals surface area contributed by atoms with Crippen LogP contribution in [-0.2, 0) is 11.2 Å². The Morgan fingerprint density at radius 2 is 2.44 bits per heavy atom. The Morgan fingerprint density at radius 1 is 1.56 bits per heavy atom. The van der Waals surface area contributed by atoms with Gasteiger partial charge in [0.1, 0.15) is 5.82 Å². The van der Waals surface area contributed by atoms with Gasteiger partial charge in [0.25, 0.3) is 0 Å². The first-order valence-corrected chi connectivity index (χ1v) is 5.47. The van der Waals surface area contributed by atoms with Crippen molar-refractivity contribution in [2.24, 2.45) is 0 Å². The molecule has 1 saturated heterocycles. The molecule has 16 heavy (non-hydrogen) atoms. The van der Waals surface area contributed by atoms with Crippen molar-refractivity contribution in [1.82, 2.24) is 15.3 Å². The average Bonchev–Trinajstić information content (AvgIpc) is 2.29. The first kappa shape index (κ1) is 11.3. The van der Waals surface area contributed by atoms with Gasteiger partial charge in [-0.25, -0.2) is 4.98 Å². The molecule has 1 aliphatic rings. The third-order valence-corrected chi connectivity index (χ3v) is 2.53. The molecule has 2 heterocycles. The van der Waals surface area contributed by atoms with Crippen LogP contribution in [0.25, 0.3) is 0 Å². The molecule has 1 aromatic rings. The van der Waals surface area contributed by atoms with Gasteiger partial charge in [0, 0.05) is 30.8 Å². The van der Waals surface area contributed by atoms with Gasteiger partial charge < -0.3 is 14.8 Å². The van der Waals surface area contributed by atoms with Crippen LogP contribution in [0.5, 0.6) is 5.88 Å². The average molecular weight is 223 g/mol. The zero-order valence-electron chi connectivity index (χ0n) is 9.69. The Bertz CT molecular complexity index is 351. The van der Waals surface area contributed by atoms with Crippen LogP contribution < -0.4 is 10.1 Å². The van der Waals surface area contributed by atoms with Crippen molar-refractivity contribution in [3.05, 3.63) is 17.6 Å². The quantitative estimate of drug-likeness (QED) is 0.800. The molecule has 1 atom stereocenters. The number of ether oxygens (including phenoxy) is 2. The number of hydrogen-bond donors (Lipinski definition) is 1. The Balaban J connectivity index is 2.04. The van der Waals surface area contributed by atoms with Crippen molar-refractivity contribution in [2.75, 3.05) is 26.9 Å². The van der Waals surface area contributed by atoms with E-state index in [0.717, 1.165) is 37.7 Å². The van der Waals surface area contributed by atoms with Crippen molar-refractivity contribution >= 4 is 0 Å². The molecule has 0 amide bonds. The number of methoxy groups -OCH3 is 1. The summed E-state index contributed by atoms with van der Waals surface area (Å²) < 4.78 is 10.5. The minimum atomic E-state index is 0.341. The molecule has 0 bridgehead atoms. The first-order chi connectivity index (χ1) is 7.78. The largest absolute Gasteiger partial charge is 0.481 e. The van der Waals surface area contributed by atoms with E-state index in [0.29, 0.717) is 11.9 Å². The Morgan fingerprint density at radius 3 is 3.12 bits per heavy atom. The number of nitrogens with one attached hydrogen (secondary N) is 1. The van der Waals surface area contributed by atoms with Gasteiger partial charge in [0.15, 0.2) is 0 Å². The van der Waals surface area contributed by atoms with E-state index in [9.17, 15) is 0 Å². The lowest BCUT2D eigenvalue weighted by Crippen LogP contribution is -2.42. The third-order valence-electron chi connectivity index (χ3n) is 2.53. The van der Waals surface area contributed by atoms with Crippen molar-refractivity contribution < 1.29 is 9.47 Å². The number of nitrogens with zero attached hydrogens (tertiary/aromatic N) is 2. The molecule has 1 N–H and O–H groups in total. The highest BCUT2D eigenvalue weighted by Gasteiger charge is 2.15. The maximum Gasteiger partial charge on any atom is 0.216 e. The molecule has 0 radical (unpaired) electrons. The number of rotatable bonds is 3. The fourth-order valence-electron chi connectivity index (χ4n) is 1.81. The molecule has 1 unspecified atom stereocenters. The van der Waals surface area contributed by atoms with E-state index in [-0.39, 0.29) is 0 Å². The normalized spacial score (nSPS) is 20.8. The molecule has 0 aliphatic carbocycles. The monoisotopic (exact) mass is 223 g/mol. The summed E-state index contributed by atoms with van der Waals surface area (Å²) in [5.41, 5.74) is 0.993. The van der Waals surface area contributed by atoms with Gasteiger partial charge in [-0.15, -0.1) is 0 Å². The molecule has 5 nitrogen and oxygen atoms in total. The predicted octanol–water partition coefficient (Wildman–Crippen LogP) is 0.325. The lowest BCUT2D eigenvalue weighted by molar-refractivity contribution is 0.0767. The van der Waals surface area contributed by atoms with Crippen molar-refractivity contribution in [3.8, 4) is 5.88 Å². The highest BCUT2D eigenvalue weighted by atomic mass is 16.5. The standard InChI is InChI=1S/C11H17N3O2/c1-8-13-9(6-11(14-8)15-2)5-10-7-16-4-3-12-10/h6,10,12H,3-5,7H2,1-2H3. The minimum absolute atomic E-state index is 0.341. The molecular formula is C11H17N3O2. The minimum Gasteiger partial charge on any atom is -0.481 e. The van der Waals surface area contributed by atoms with Gasteiger partial charge >= 0.3 is 0 Å². The SMILES string of the molecule is COc1cc(CC2COCCN2)nc(C)n1. The second-order valence-electron chi connectivity index (χ2n) is 3.88. The van der Waals surface area contributed by atoms with Crippen molar-refractivity contribution in [1.29, 1.82) is 0 Å². The van der Waals surface area contributed by atoms with E-state index in [2.05, 4.69) is 15.3 Å². The molecule has 5 heteroatoms. The summed E-state index contributed by atoms with van der Waals surface area (Å²) in [6.07, 6.45) is 0.847. The third kappa shape index (κ3) is 2.90. The highest BCUT2D eigenvalue weighted by Crippen LogP contribution is 2.11. The number of hydrogen-bond acceptors (Lipinski definition) is 5. The second-order valence-corrected chi connectivity index (χ2v) is 3.88. The molecule has 0 saturated carbocycles. The second kappa shape index (κ2) is 5.23. The highest BCUT2D eigenvalue weighted by molar-refractivity contribution is 5.17. The number of aryl methyl sites for hydroxylation is 1. The summed E-state index contributed by atoms with van der Waals surface area (Å²) in [6.45, 7) is 4.32. The molecule has 88 valence electrons. The smallest absolute Gasteiger partial charge is 0.216 e. The fourth-order valence-corrected chi connectivity index (χ4v) is 1.81. The van der Waals surface area contributed by atoms with Crippen molar-refractivity contribution in [3.63, 3.8) is 0 Å². The summed E-state index contributed by atoms with van der Waals surface area (Å²) >= 11 is 0. The summed E-state index contributed by atoms with van der Waals surface area (Å²) in [5, 5.41) is 3.40. The van der Waals surface area contributed by atoms with Gasteiger partial charge in [-0.1, -0.05) is 0 Å². The predicted molar refractivity (Wildman–Crippen MR) is 59.6 cm³/mol. The molecule has 1 aliphatic heterocycles. The van der Waals surface area contributed by atoms with Crippen molar-refractivity contribution in [2.45, 2.75) is 19.4 Å². The van der Waals surface area contributed by atoms with Crippen LogP contribution in [-0.4, -0.2) is 42.9 Å². The van der Waals surface area contributed by atoms with Crippen LogP contribution in [0, 0.1) is 6.92 Å². The lowest BCUT2D eigenvalue weighted by Gasteiger charge is -2.23. The molecular weight excluding hydrogens is 206 g/mol. The summed E-state index contributed by atoms with van der Waals surface area (Å²) in [6, 6.07) is 2.22.